The second-order valence-electron chi connectivity index (χ2n) is 7.99. The van der Waals surface area contributed by atoms with Crippen molar-refractivity contribution < 1.29 is 9.53 Å². The van der Waals surface area contributed by atoms with E-state index in [-0.39, 0.29) is 11.5 Å². The van der Waals surface area contributed by atoms with Crippen LogP contribution in [-0.2, 0) is 11.8 Å². The second-order valence-corrected chi connectivity index (χ2v) is 7.99. The summed E-state index contributed by atoms with van der Waals surface area (Å²) in [5.74, 6) is 0.149. The lowest BCUT2D eigenvalue weighted by molar-refractivity contribution is -0.0396. The third kappa shape index (κ3) is 3.35. The van der Waals surface area contributed by atoms with Crippen LogP contribution in [0.25, 0.3) is 0 Å². The lowest BCUT2D eigenvalue weighted by Gasteiger charge is -2.40. The quantitative estimate of drug-likeness (QED) is 0.802. The fraction of sp³-hybridized carbons (Fsp3) is 0.737. The molecule has 6 heteroatoms. The monoisotopic (exact) mass is 346 g/mol. The van der Waals surface area contributed by atoms with Crippen LogP contribution in [0.4, 0.5) is 0 Å². The highest BCUT2D eigenvalue weighted by atomic mass is 16.5. The molecule has 6 nitrogen and oxygen atoms in total. The number of piperidine rings is 1. The first-order chi connectivity index (χ1) is 12.1. The van der Waals surface area contributed by atoms with Gasteiger partial charge in [0.25, 0.3) is 5.91 Å². The van der Waals surface area contributed by atoms with Gasteiger partial charge in [-0.2, -0.15) is 0 Å². The lowest BCUT2D eigenvalue weighted by Crippen LogP contribution is -2.50. The number of hydrogen-bond donors (Lipinski definition) is 0. The Morgan fingerprint density at radius 2 is 1.84 bits per heavy atom. The molecule has 3 aliphatic heterocycles. The van der Waals surface area contributed by atoms with E-state index in [4.69, 9.17) is 4.74 Å². The Bertz CT molecular complexity index is 613. The number of piperazine rings is 1. The average molecular weight is 346 g/mol. The molecule has 1 spiro atoms. The van der Waals surface area contributed by atoms with E-state index in [1.807, 2.05) is 34.8 Å². The maximum Gasteiger partial charge on any atom is 0.270 e. The average Bonchev–Trinajstić information content (AvgIpc) is 3.23. The molecule has 0 N–H and O–H groups in total. The van der Waals surface area contributed by atoms with Gasteiger partial charge in [0.05, 0.1) is 12.2 Å². The number of carbonyl (C=O) groups excluding carboxylic acids is 1. The van der Waals surface area contributed by atoms with Gasteiger partial charge in [-0.15, -0.1) is 0 Å². The molecule has 0 aromatic carbocycles. The van der Waals surface area contributed by atoms with Gasteiger partial charge >= 0.3 is 0 Å². The van der Waals surface area contributed by atoms with Gasteiger partial charge in [-0.3, -0.25) is 9.69 Å². The first-order valence-corrected chi connectivity index (χ1v) is 9.53. The molecule has 3 fully saturated rings. The Kier molecular flexibility index (Phi) is 4.60. The van der Waals surface area contributed by atoms with Crippen LogP contribution in [0, 0.1) is 0 Å². The Morgan fingerprint density at radius 3 is 2.48 bits per heavy atom. The van der Waals surface area contributed by atoms with E-state index < -0.39 is 0 Å². The van der Waals surface area contributed by atoms with Gasteiger partial charge in [0, 0.05) is 58.6 Å². The zero-order valence-electron chi connectivity index (χ0n) is 15.5. The fourth-order valence-electron chi connectivity index (χ4n) is 4.55. The predicted octanol–water partition coefficient (Wildman–Crippen LogP) is 1.04. The normalized spacial score (nSPS) is 27.9. The summed E-state index contributed by atoms with van der Waals surface area (Å²) in [6.07, 6.45) is 4.99. The fourth-order valence-corrected chi connectivity index (χ4v) is 4.55. The minimum absolute atomic E-state index is 0.000988. The summed E-state index contributed by atoms with van der Waals surface area (Å²) in [4.78, 5) is 19.7. The van der Waals surface area contributed by atoms with Crippen molar-refractivity contribution in [1.29, 1.82) is 0 Å². The molecule has 3 aliphatic rings. The van der Waals surface area contributed by atoms with Crippen molar-refractivity contribution in [1.82, 2.24) is 19.3 Å². The van der Waals surface area contributed by atoms with Crippen LogP contribution < -0.4 is 0 Å². The van der Waals surface area contributed by atoms with Crippen molar-refractivity contribution in [3.63, 3.8) is 0 Å². The van der Waals surface area contributed by atoms with Gasteiger partial charge in [0.1, 0.15) is 5.69 Å². The molecule has 138 valence electrons. The van der Waals surface area contributed by atoms with Gasteiger partial charge in [0.15, 0.2) is 0 Å². The summed E-state index contributed by atoms with van der Waals surface area (Å²) in [5, 5.41) is 0. The number of hydrogen-bond acceptors (Lipinski definition) is 4. The second kappa shape index (κ2) is 6.74. The topological polar surface area (TPSA) is 41.0 Å². The predicted molar refractivity (Wildman–Crippen MR) is 96.7 cm³/mol. The van der Waals surface area contributed by atoms with Crippen LogP contribution in [0.3, 0.4) is 0 Å². The molecule has 0 radical (unpaired) electrons. The van der Waals surface area contributed by atoms with Gasteiger partial charge < -0.3 is 19.1 Å². The number of aryl methyl sites for hydroxylation is 1. The minimum atomic E-state index is -0.000988. The van der Waals surface area contributed by atoms with E-state index in [1.54, 1.807) is 0 Å². The molecule has 0 bridgehead atoms. The third-order valence-corrected chi connectivity index (χ3v) is 6.37. The molecule has 3 saturated heterocycles. The number of aromatic nitrogens is 1. The summed E-state index contributed by atoms with van der Waals surface area (Å²) in [5.41, 5.74) is 0.775. The van der Waals surface area contributed by atoms with Gasteiger partial charge in [-0.25, -0.2) is 0 Å². The summed E-state index contributed by atoms with van der Waals surface area (Å²) < 4.78 is 8.22. The Balaban J connectivity index is 1.33. The number of likely N-dealkylation sites (tertiary alicyclic amines) is 1. The molecule has 4 rings (SSSR count). The molecule has 1 amide bonds. The van der Waals surface area contributed by atoms with Crippen molar-refractivity contribution in [2.24, 2.45) is 7.05 Å². The molecule has 4 heterocycles. The largest absolute Gasteiger partial charge is 0.373 e. The van der Waals surface area contributed by atoms with Crippen LogP contribution in [0.1, 0.15) is 29.8 Å². The van der Waals surface area contributed by atoms with E-state index in [0.29, 0.717) is 6.04 Å². The summed E-state index contributed by atoms with van der Waals surface area (Å²) >= 11 is 0. The maximum atomic E-state index is 12.7. The first kappa shape index (κ1) is 17.1. The molecule has 1 aromatic heterocycles. The molecule has 1 atom stereocenters. The number of amides is 1. The summed E-state index contributed by atoms with van der Waals surface area (Å²) in [6, 6.07) is 4.39. The molecule has 25 heavy (non-hydrogen) atoms. The van der Waals surface area contributed by atoms with Crippen molar-refractivity contribution >= 4 is 5.91 Å². The number of ether oxygens (including phenoxy) is 1. The molecule has 1 unspecified atom stereocenters. The van der Waals surface area contributed by atoms with Gasteiger partial charge in [-0.1, -0.05) is 0 Å². The lowest BCUT2D eigenvalue weighted by atomic mass is 9.87. The van der Waals surface area contributed by atoms with Crippen LogP contribution in [-0.4, -0.2) is 89.7 Å². The Hall–Kier alpha value is -1.37. The van der Waals surface area contributed by atoms with Crippen LogP contribution in [0.2, 0.25) is 0 Å². The molecule has 0 saturated carbocycles. The Morgan fingerprint density at radius 1 is 1.12 bits per heavy atom. The number of likely N-dealkylation sites (N-methyl/N-ethyl adjacent to an activating group) is 1. The minimum Gasteiger partial charge on any atom is -0.373 e. The molecular formula is C19H30N4O2. The standard InChI is InChI=1S/C19H30N4O2/c1-20-10-12-22(13-11-20)16-14-19(25-15-16)5-8-23(9-6-19)18(24)17-4-3-7-21(17)2/h3-4,7,16H,5-6,8-15H2,1-2H3. The highest BCUT2D eigenvalue weighted by Gasteiger charge is 2.45. The van der Waals surface area contributed by atoms with E-state index in [2.05, 4.69) is 16.8 Å². The van der Waals surface area contributed by atoms with E-state index in [1.165, 1.54) is 0 Å². The number of rotatable bonds is 2. The van der Waals surface area contributed by atoms with E-state index in [0.717, 1.165) is 70.8 Å². The van der Waals surface area contributed by atoms with Crippen LogP contribution in [0.5, 0.6) is 0 Å². The Labute approximate surface area is 150 Å². The maximum absolute atomic E-state index is 12.7. The van der Waals surface area contributed by atoms with E-state index in [9.17, 15) is 4.79 Å². The zero-order chi connectivity index (χ0) is 17.4. The summed E-state index contributed by atoms with van der Waals surface area (Å²) in [6.45, 7) is 7.08. The van der Waals surface area contributed by atoms with Gasteiger partial charge in [-0.05, 0) is 38.4 Å². The molecule has 0 aliphatic carbocycles. The zero-order valence-corrected chi connectivity index (χ0v) is 15.5. The summed E-state index contributed by atoms with van der Waals surface area (Å²) in [7, 11) is 4.13. The highest BCUT2D eigenvalue weighted by molar-refractivity contribution is 5.92. The van der Waals surface area contributed by atoms with Crippen molar-refractivity contribution in [3.05, 3.63) is 24.0 Å². The van der Waals surface area contributed by atoms with Crippen LogP contribution in [0.15, 0.2) is 18.3 Å². The SMILES string of the molecule is CN1CCN(C2COC3(CCN(C(=O)c4cccn4C)CC3)C2)CC1. The van der Waals surface area contributed by atoms with Crippen molar-refractivity contribution in [2.45, 2.75) is 30.9 Å². The number of nitrogens with zero attached hydrogens (tertiary/aromatic N) is 4. The number of carbonyl (C=O) groups is 1. The molecule has 1 aromatic rings. The van der Waals surface area contributed by atoms with E-state index >= 15 is 0 Å². The van der Waals surface area contributed by atoms with Crippen LogP contribution >= 0.6 is 0 Å². The third-order valence-electron chi connectivity index (χ3n) is 6.37. The smallest absolute Gasteiger partial charge is 0.270 e. The van der Waals surface area contributed by atoms with Gasteiger partial charge in [0.2, 0.25) is 0 Å². The first-order valence-electron chi connectivity index (χ1n) is 9.53. The highest BCUT2D eigenvalue weighted by Crippen LogP contribution is 2.38. The van der Waals surface area contributed by atoms with Crippen molar-refractivity contribution in [3.8, 4) is 0 Å². The van der Waals surface area contributed by atoms with Crippen molar-refractivity contribution in [2.75, 3.05) is 52.9 Å². The molecular weight excluding hydrogens is 316 g/mol.